The third kappa shape index (κ3) is 6.81. The van der Waals surface area contributed by atoms with Crippen LogP contribution in [0.2, 0.25) is 0 Å². The third-order valence-corrected chi connectivity index (χ3v) is 9.80. The fraction of sp³-hybridized carbons (Fsp3) is 0.606. The lowest BCUT2D eigenvalue weighted by atomic mass is 9.89. The highest BCUT2D eigenvalue weighted by Gasteiger charge is 2.39. The van der Waals surface area contributed by atoms with E-state index in [1.807, 2.05) is 50.4 Å². The summed E-state index contributed by atoms with van der Waals surface area (Å²) in [4.78, 5) is 37.5. The molecule has 4 heterocycles. The van der Waals surface area contributed by atoms with Crippen LogP contribution in [0.4, 0.5) is 23.0 Å². The summed E-state index contributed by atoms with van der Waals surface area (Å²) in [6.45, 7) is 5.69. The Morgan fingerprint density at radius 1 is 0.907 bits per heavy atom. The van der Waals surface area contributed by atoms with Crippen molar-refractivity contribution in [3.63, 3.8) is 0 Å². The van der Waals surface area contributed by atoms with Crippen molar-refractivity contribution in [3.05, 3.63) is 42.0 Å². The molecule has 3 N–H and O–H groups in total. The van der Waals surface area contributed by atoms with Crippen LogP contribution in [0, 0.1) is 0 Å². The Morgan fingerprint density at radius 3 is 2.35 bits per heavy atom. The molecule has 10 nitrogen and oxygen atoms in total. The molecule has 4 aliphatic rings. The topological polar surface area (TPSA) is 102 Å². The molecule has 3 aliphatic heterocycles. The van der Waals surface area contributed by atoms with Crippen LogP contribution in [0.25, 0.3) is 0 Å². The van der Waals surface area contributed by atoms with Crippen LogP contribution in [-0.2, 0) is 9.53 Å². The number of aromatic nitrogens is 1. The molecule has 2 aromatic rings. The number of likely N-dealkylation sites (N-methyl/N-ethyl adjacent to an activating group) is 1. The first-order valence-corrected chi connectivity index (χ1v) is 16.1. The fourth-order valence-electron chi connectivity index (χ4n) is 7.18. The summed E-state index contributed by atoms with van der Waals surface area (Å²) >= 11 is 0. The molecule has 10 heteroatoms. The largest absolute Gasteiger partial charge is 0.381 e. The third-order valence-electron chi connectivity index (χ3n) is 9.80. The summed E-state index contributed by atoms with van der Waals surface area (Å²) in [6.07, 6.45) is 8.41. The molecule has 6 rings (SSSR count). The number of anilines is 4. The molecule has 0 unspecified atom stereocenters. The second kappa shape index (κ2) is 13.2. The Kier molecular flexibility index (Phi) is 9.16. The van der Waals surface area contributed by atoms with Crippen LogP contribution in [0.1, 0.15) is 68.6 Å². The first kappa shape index (κ1) is 29.8. The highest BCUT2D eigenvalue weighted by Crippen LogP contribution is 2.38. The average Bonchev–Trinajstić information content (AvgIpc) is 3.03. The lowest BCUT2D eigenvalue weighted by Crippen LogP contribution is -2.56. The minimum absolute atomic E-state index is 0.0339. The number of hydrogen-bond donors (Lipinski definition) is 3. The maximum Gasteiger partial charge on any atom is 0.251 e. The van der Waals surface area contributed by atoms with E-state index in [2.05, 4.69) is 32.8 Å². The van der Waals surface area contributed by atoms with Crippen molar-refractivity contribution in [3.8, 4) is 0 Å². The number of amides is 2. The van der Waals surface area contributed by atoms with Crippen molar-refractivity contribution in [1.29, 1.82) is 0 Å². The molecule has 1 aliphatic carbocycles. The van der Waals surface area contributed by atoms with Crippen LogP contribution in [0.15, 0.2) is 36.4 Å². The summed E-state index contributed by atoms with van der Waals surface area (Å²) in [5.41, 5.74) is 2.25. The zero-order valence-electron chi connectivity index (χ0n) is 25.8. The quantitative estimate of drug-likeness (QED) is 0.447. The van der Waals surface area contributed by atoms with Gasteiger partial charge in [-0.2, -0.15) is 0 Å². The summed E-state index contributed by atoms with van der Waals surface area (Å²) in [5, 5.41) is 10.6. The Balaban J connectivity index is 1.08. The second-order valence-corrected chi connectivity index (χ2v) is 12.8. The van der Waals surface area contributed by atoms with Gasteiger partial charge >= 0.3 is 0 Å². The van der Waals surface area contributed by atoms with Gasteiger partial charge in [-0.3, -0.25) is 9.59 Å². The summed E-state index contributed by atoms with van der Waals surface area (Å²) in [5.74, 6) is 1.52. The van der Waals surface area contributed by atoms with Gasteiger partial charge in [-0.05, 0) is 109 Å². The van der Waals surface area contributed by atoms with Gasteiger partial charge in [0, 0.05) is 55.7 Å². The number of nitrogens with zero attached hydrogens (tertiary/aromatic N) is 4. The molecule has 1 atom stereocenters. The Bertz CT molecular complexity index is 1280. The second-order valence-electron chi connectivity index (χ2n) is 12.8. The van der Waals surface area contributed by atoms with Gasteiger partial charge in [0.05, 0.1) is 5.69 Å². The predicted octanol–water partition coefficient (Wildman–Crippen LogP) is 3.90. The Hall–Kier alpha value is -3.21. The van der Waals surface area contributed by atoms with E-state index in [1.54, 1.807) is 4.90 Å². The zero-order chi connectivity index (χ0) is 29.9. The van der Waals surface area contributed by atoms with E-state index >= 15 is 0 Å². The van der Waals surface area contributed by atoms with Gasteiger partial charge in [-0.25, -0.2) is 4.98 Å². The number of fused-ring (bicyclic) bond motifs is 1. The summed E-state index contributed by atoms with van der Waals surface area (Å²) < 4.78 is 5.59. The van der Waals surface area contributed by atoms with Crippen molar-refractivity contribution >= 4 is 34.8 Å². The van der Waals surface area contributed by atoms with Crippen molar-refractivity contribution in [2.45, 2.75) is 88.5 Å². The standard InChI is InChI=1S/C33H47N7O3/c1-22-33(42)39(3)29-11-12-30(37-31(29)40(22)28-15-19-43-20-16-28)35-27-6-4-5-23(21-27)32(41)36-25-9-7-24(8-10-25)34-26-13-17-38(2)18-14-26/h4-6,11-12,21-22,24-26,28,34H,7-10,13-20H2,1-3H3,(H,35,37)(H,36,41)/t22-,24?,25?/m1/s1. The highest BCUT2D eigenvalue weighted by molar-refractivity contribution is 6.04. The zero-order valence-corrected chi connectivity index (χ0v) is 25.8. The number of nitrogens with one attached hydrogen (secondary N) is 3. The number of likely N-dealkylation sites (tertiary alicyclic amines) is 1. The fourth-order valence-corrected chi connectivity index (χ4v) is 7.18. The molecule has 2 saturated heterocycles. The minimum Gasteiger partial charge on any atom is -0.381 e. The molecule has 0 bridgehead atoms. The molecule has 3 fully saturated rings. The van der Waals surface area contributed by atoms with Crippen LogP contribution >= 0.6 is 0 Å². The molecular weight excluding hydrogens is 542 g/mol. The molecule has 1 saturated carbocycles. The average molecular weight is 590 g/mol. The number of ether oxygens (including phenoxy) is 1. The molecule has 0 radical (unpaired) electrons. The van der Waals surface area contributed by atoms with E-state index in [1.165, 1.54) is 25.9 Å². The number of hydrogen-bond acceptors (Lipinski definition) is 8. The molecule has 43 heavy (non-hydrogen) atoms. The van der Waals surface area contributed by atoms with Gasteiger partial charge < -0.3 is 35.4 Å². The normalized spacial score (nSPS) is 25.8. The lowest BCUT2D eigenvalue weighted by molar-refractivity contribution is -0.119. The highest BCUT2D eigenvalue weighted by atomic mass is 16.5. The van der Waals surface area contributed by atoms with E-state index in [-0.39, 0.29) is 29.9 Å². The van der Waals surface area contributed by atoms with Gasteiger partial charge in [0.15, 0.2) is 5.82 Å². The molecule has 1 aromatic carbocycles. The van der Waals surface area contributed by atoms with Crippen LogP contribution in [0.3, 0.4) is 0 Å². The van der Waals surface area contributed by atoms with Crippen molar-refractivity contribution in [2.24, 2.45) is 0 Å². The lowest BCUT2D eigenvalue weighted by Gasteiger charge is -2.44. The first-order chi connectivity index (χ1) is 20.9. The van der Waals surface area contributed by atoms with Crippen LogP contribution < -0.4 is 25.8 Å². The molecule has 232 valence electrons. The number of pyridine rings is 1. The van der Waals surface area contributed by atoms with E-state index < -0.39 is 0 Å². The van der Waals surface area contributed by atoms with Crippen LogP contribution in [-0.4, -0.2) is 92.3 Å². The summed E-state index contributed by atoms with van der Waals surface area (Å²) in [6, 6.07) is 12.8. The smallest absolute Gasteiger partial charge is 0.251 e. The Labute approximate surface area is 255 Å². The maximum atomic E-state index is 13.2. The number of rotatable bonds is 7. The minimum atomic E-state index is -0.296. The van der Waals surface area contributed by atoms with E-state index in [0.29, 0.717) is 36.7 Å². The van der Waals surface area contributed by atoms with Gasteiger partial charge in [0.2, 0.25) is 5.91 Å². The Morgan fingerprint density at radius 2 is 1.60 bits per heavy atom. The molecule has 0 spiro atoms. The number of carbonyl (C=O) groups excluding carboxylic acids is 2. The molecular formula is C33H47N7O3. The molecule has 2 amide bonds. The van der Waals surface area contributed by atoms with E-state index in [4.69, 9.17) is 9.72 Å². The first-order valence-electron chi connectivity index (χ1n) is 16.1. The van der Waals surface area contributed by atoms with Crippen molar-refractivity contribution in [1.82, 2.24) is 20.5 Å². The van der Waals surface area contributed by atoms with Gasteiger partial charge in [-0.1, -0.05) is 6.07 Å². The van der Waals surface area contributed by atoms with E-state index in [0.717, 1.165) is 55.7 Å². The molecule has 1 aromatic heterocycles. The van der Waals surface area contributed by atoms with Crippen LogP contribution in [0.5, 0.6) is 0 Å². The number of carbonyl (C=O) groups is 2. The van der Waals surface area contributed by atoms with Gasteiger partial charge in [0.1, 0.15) is 11.9 Å². The maximum absolute atomic E-state index is 13.2. The predicted molar refractivity (Wildman–Crippen MR) is 170 cm³/mol. The van der Waals surface area contributed by atoms with Gasteiger partial charge in [0.25, 0.3) is 5.91 Å². The van der Waals surface area contributed by atoms with Gasteiger partial charge in [-0.15, -0.1) is 0 Å². The SMILES string of the molecule is C[C@@H]1C(=O)N(C)c2ccc(Nc3cccc(C(=O)NC4CCC(NC5CCN(C)CC5)CC4)c3)nc2N1C1CCOCC1. The summed E-state index contributed by atoms with van der Waals surface area (Å²) in [7, 11) is 4.01. The van der Waals surface area contributed by atoms with Crippen molar-refractivity contribution in [2.75, 3.05) is 55.5 Å². The number of piperidine rings is 1. The monoisotopic (exact) mass is 589 g/mol. The number of benzene rings is 1. The van der Waals surface area contributed by atoms with E-state index in [9.17, 15) is 9.59 Å². The van der Waals surface area contributed by atoms with Crippen molar-refractivity contribution < 1.29 is 14.3 Å².